The van der Waals surface area contributed by atoms with E-state index in [1.54, 1.807) is 36.5 Å². The van der Waals surface area contributed by atoms with Gasteiger partial charge in [0.1, 0.15) is 18.0 Å². The first-order chi connectivity index (χ1) is 11.6. The number of ether oxygens (including phenoxy) is 2. The van der Waals surface area contributed by atoms with Crippen LogP contribution >= 0.6 is 0 Å². The number of carbonyl (C=O) groups excluding carboxylic acids is 1. The number of methoxy groups -OCH3 is 1. The number of aryl methyl sites for hydroxylation is 1. The number of fused-ring (bicyclic) bond motifs is 1. The van der Waals surface area contributed by atoms with Gasteiger partial charge in [0.15, 0.2) is 0 Å². The van der Waals surface area contributed by atoms with Gasteiger partial charge in [-0.2, -0.15) is 0 Å². The highest BCUT2D eigenvalue weighted by atomic mass is 16.5. The summed E-state index contributed by atoms with van der Waals surface area (Å²) >= 11 is 0. The summed E-state index contributed by atoms with van der Waals surface area (Å²) < 4.78 is 11.8. The maximum atomic E-state index is 12.1. The molecular formula is C18H16N2O4. The molecule has 0 saturated heterocycles. The monoisotopic (exact) mass is 324 g/mol. The van der Waals surface area contributed by atoms with Crippen molar-refractivity contribution < 1.29 is 14.3 Å². The first kappa shape index (κ1) is 15.7. The number of pyridine rings is 1. The lowest BCUT2D eigenvalue weighted by Gasteiger charge is -2.08. The molecule has 0 bridgehead atoms. The van der Waals surface area contributed by atoms with Crippen molar-refractivity contribution in [3.8, 4) is 5.75 Å². The highest BCUT2D eigenvalue weighted by Gasteiger charge is 2.06. The lowest BCUT2D eigenvalue weighted by Crippen LogP contribution is -2.16. The van der Waals surface area contributed by atoms with Crippen molar-refractivity contribution in [2.75, 3.05) is 7.11 Å². The fraction of sp³-hybridized carbons (Fsp3) is 0.167. The number of nitrogens with zero attached hydrogens (tertiary/aromatic N) is 2. The van der Waals surface area contributed by atoms with Gasteiger partial charge < -0.3 is 9.47 Å². The first-order valence-corrected chi connectivity index (χ1v) is 7.37. The van der Waals surface area contributed by atoms with Crippen molar-refractivity contribution in [2.24, 2.45) is 0 Å². The average Bonchev–Trinajstić information content (AvgIpc) is 2.60. The summed E-state index contributed by atoms with van der Waals surface area (Å²) in [5.74, 6) is 0.176. The molecule has 3 rings (SSSR count). The van der Waals surface area contributed by atoms with Crippen LogP contribution in [0.3, 0.4) is 0 Å². The van der Waals surface area contributed by atoms with E-state index >= 15 is 0 Å². The van der Waals surface area contributed by atoms with Crippen molar-refractivity contribution in [1.82, 2.24) is 9.38 Å². The number of rotatable bonds is 4. The molecule has 122 valence electrons. The van der Waals surface area contributed by atoms with E-state index in [1.165, 1.54) is 17.6 Å². The van der Waals surface area contributed by atoms with Gasteiger partial charge in [0.25, 0.3) is 5.56 Å². The number of benzene rings is 1. The Balaban J connectivity index is 1.77. The van der Waals surface area contributed by atoms with Crippen LogP contribution in [0.25, 0.3) is 5.65 Å². The molecule has 2 aromatic heterocycles. The second kappa shape index (κ2) is 6.54. The number of hydrogen-bond acceptors (Lipinski definition) is 5. The van der Waals surface area contributed by atoms with E-state index in [0.717, 1.165) is 5.56 Å². The number of aromatic nitrogens is 2. The fourth-order valence-electron chi connectivity index (χ4n) is 2.29. The Labute approximate surface area is 138 Å². The number of carbonyl (C=O) groups is 1. The van der Waals surface area contributed by atoms with Gasteiger partial charge >= 0.3 is 5.97 Å². The maximum Gasteiger partial charge on any atom is 0.337 e. The van der Waals surface area contributed by atoms with Gasteiger partial charge in [0.05, 0.1) is 18.4 Å². The summed E-state index contributed by atoms with van der Waals surface area (Å²) in [7, 11) is 1.33. The fourth-order valence-corrected chi connectivity index (χ4v) is 2.29. The van der Waals surface area contributed by atoms with Gasteiger partial charge in [0.2, 0.25) is 0 Å². The van der Waals surface area contributed by atoms with Crippen LogP contribution in [0.15, 0.2) is 53.5 Å². The molecule has 0 aliphatic heterocycles. The molecule has 0 fully saturated rings. The zero-order chi connectivity index (χ0) is 17.1. The summed E-state index contributed by atoms with van der Waals surface area (Å²) in [4.78, 5) is 27.9. The third-order valence-corrected chi connectivity index (χ3v) is 3.52. The quantitative estimate of drug-likeness (QED) is 0.689. The predicted molar refractivity (Wildman–Crippen MR) is 88.3 cm³/mol. The molecule has 6 nitrogen and oxygen atoms in total. The minimum atomic E-state index is -0.402. The first-order valence-electron chi connectivity index (χ1n) is 7.37. The Bertz CT molecular complexity index is 945. The van der Waals surface area contributed by atoms with Crippen LogP contribution in [0.2, 0.25) is 0 Å². The van der Waals surface area contributed by atoms with Crippen molar-refractivity contribution in [1.29, 1.82) is 0 Å². The lowest BCUT2D eigenvalue weighted by atomic mass is 10.2. The molecule has 0 atom stereocenters. The Morgan fingerprint density at radius 1 is 1.17 bits per heavy atom. The second-order valence-corrected chi connectivity index (χ2v) is 5.33. The largest absolute Gasteiger partial charge is 0.487 e. The van der Waals surface area contributed by atoms with E-state index in [4.69, 9.17) is 4.74 Å². The summed E-state index contributed by atoms with van der Waals surface area (Å²) in [6.07, 6.45) is 1.75. The van der Waals surface area contributed by atoms with Crippen LogP contribution in [-0.4, -0.2) is 22.5 Å². The Kier molecular flexibility index (Phi) is 4.29. The highest BCUT2D eigenvalue weighted by Crippen LogP contribution is 2.14. The molecule has 1 aromatic carbocycles. The second-order valence-electron chi connectivity index (χ2n) is 5.33. The van der Waals surface area contributed by atoms with Crippen LogP contribution in [0.4, 0.5) is 0 Å². The third kappa shape index (κ3) is 3.27. The minimum absolute atomic E-state index is 0.150. The summed E-state index contributed by atoms with van der Waals surface area (Å²) in [6, 6.07) is 11.7. The standard InChI is InChI=1S/C18H16N2O4/c1-12-3-8-16-19-14(9-17(21)20(16)10-12)11-24-15-6-4-13(5-7-15)18(22)23-2/h3-10H,11H2,1-2H3. The molecule has 2 heterocycles. The van der Waals surface area contributed by atoms with Crippen LogP contribution in [-0.2, 0) is 11.3 Å². The zero-order valence-electron chi connectivity index (χ0n) is 13.4. The average molecular weight is 324 g/mol. The normalized spacial score (nSPS) is 10.6. The summed E-state index contributed by atoms with van der Waals surface area (Å²) in [5, 5.41) is 0. The maximum absolute atomic E-state index is 12.1. The molecule has 3 aromatic rings. The molecule has 0 amide bonds. The van der Waals surface area contributed by atoms with Crippen molar-refractivity contribution in [2.45, 2.75) is 13.5 Å². The molecular weight excluding hydrogens is 308 g/mol. The van der Waals surface area contributed by atoms with Crippen LogP contribution < -0.4 is 10.3 Å². The SMILES string of the molecule is COC(=O)c1ccc(OCc2cc(=O)n3cc(C)ccc3n2)cc1. The Hall–Kier alpha value is -3.15. The lowest BCUT2D eigenvalue weighted by molar-refractivity contribution is 0.0600. The summed E-state index contributed by atoms with van der Waals surface area (Å²) in [5.41, 5.74) is 2.40. The topological polar surface area (TPSA) is 69.9 Å². The van der Waals surface area contributed by atoms with Crippen molar-refractivity contribution in [3.63, 3.8) is 0 Å². The number of hydrogen-bond donors (Lipinski definition) is 0. The number of esters is 1. The van der Waals surface area contributed by atoms with Gasteiger partial charge in [-0.1, -0.05) is 6.07 Å². The zero-order valence-corrected chi connectivity index (χ0v) is 13.4. The molecule has 0 radical (unpaired) electrons. The van der Waals surface area contributed by atoms with Gasteiger partial charge in [-0.05, 0) is 42.8 Å². The minimum Gasteiger partial charge on any atom is -0.487 e. The molecule has 0 saturated carbocycles. The molecule has 0 aliphatic rings. The highest BCUT2D eigenvalue weighted by molar-refractivity contribution is 5.89. The van der Waals surface area contributed by atoms with E-state index in [0.29, 0.717) is 22.7 Å². The smallest absolute Gasteiger partial charge is 0.337 e. The van der Waals surface area contributed by atoms with E-state index in [-0.39, 0.29) is 12.2 Å². The third-order valence-electron chi connectivity index (χ3n) is 3.52. The predicted octanol–water partition coefficient (Wildman–Crippen LogP) is 2.37. The van der Waals surface area contributed by atoms with E-state index < -0.39 is 5.97 Å². The molecule has 24 heavy (non-hydrogen) atoms. The summed E-state index contributed by atoms with van der Waals surface area (Å²) in [6.45, 7) is 2.08. The van der Waals surface area contributed by atoms with Gasteiger partial charge in [-0.25, -0.2) is 9.78 Å². The van der Waals surface area contributed by atoms with Crippen LogP contribution in [0.5, 0.6) is 5.75 Å². The van der Waals surface area contributed by atoms with Gasteiger partial charge in [-0.15, -0.1) is 0 Å². The van der Waals surface area contributed by atoms with Crippen molar-refractivity contribution in [3.05, 3.63) is 75.8 Å². The molecule has 0 aliphatic carbocycles. The van der Waals surface area contributed by atoms with Gasteiger partial charge in [-0.3, -0.25) is 9.20 Å². The molecule has 0 spiro atoms. The van der Waals surface area contributed by atoms with Crippen LogP contribution in [0.1, 0.15) is 21.6 Å². The van der Waals surface area contributed by atoms with Gasteiger partial charge in [0, 0.05) is 12.3 Å². The van der Waals surface area contributed by atoms with E-state index in [9.17, 15) is 9.59 Å². The van der Waals surface area contributed by atoms with E-state index in [1.807, 2.05) is 13.0 Å². The molecule has 6 heteroatoms. The van der Waals surface area contributed by atoms with Crippen molar-refractivity contribution >= 4 is 11.6 Å². The molecule has 0 N–H and O–H groups in total. The Morgan fingerprint density at radius 3 is 2.62 bits per heavy atom. The van der Waals surface area contributed by atoms with Crippen LogP contribution in [0, 0.1) is 6.92 Å². The molecule has 0 unspecified atom stereocenters. The Morgan fingerprint density at radius 2 is 1.92 bits per heavy atom. The van der Waals surface area contributed by atoms with E-state index in [2.05, 4.69) is 9.72 Å².